The molecule has 0 bridgehead atoms. The van der Waals surface area contributed by atoms with Gasteiger partial charge in [0.05, 0.1) is 5.69 Å². The molecule has 1 heterocycles. The second kappa shape index (κ2) is 6.22. The molecule has 0 radical (unpaired) electrons. The molecule has 1 atom stereocenters. The van der Waals surface area contributed by atoms with E-state index in [1.165, 1.54) is 6.20 Å². The van der Waals surface area contributed by atoms with Crippen molar-refractivity contribution in [2.24, 2.45) is 0 Å². The summed E-state index contributed by atoms with van der Waals surface area (Å²) in [6, 6.07) is 3.30. The molecule has 0 aromatic carbocycles. The summed E-state index contributed by atoms with van der Waals surface area (Å²) in [5.41, 5.74) is 6.20. The van der Waals surface area contributed by atoms with Gasteiger partial charge in [0.1, 0.15) is 0 Å². The lowest BCUT2D eigenvalue weighted by atomic mass is 10.3. The first-order chi connectivity index (χ1) is 7.61. The third-order valence-electron chi connectivity index (χ3n) is 1.95. The van der Waals surface area contributed by atoms with Crippen LogP contribution < -0.4 is 11.1 Å². The van der Waals surface area contributed by atoms with E-state index in [0.717, 1.165) is 0 Å². The van der Waals surface area contributed by atoms with Gasteiger partial charge in [-0.05, 0) is 18.6 Å². The quantitative estimate of drug-likeness (QED) is 0.719. The summed E-state index contributed by atoms with van der Waals surface area (Å²) in [6.45, 7) is 0.481. The molecule has 6 heteroatoms. The molecule has 1 aromatic rings. The molecule has 0 aliphatic rings. The molecule has 3 N–H and O–H groups in total. The first kappa shape index (κ1) is 12.6. The smallest absolute Gasteiger partial charge is 0.272 e. The Kier molecular flexibility index (Phi) is 4.91. The van der Waals surface area contributed by atoms with Gasteiger partial charge in [0.15, 0.2) is 5.69 Å². The van der Waals surface area contributed by atoms with Crippen molar-refractivity contribution in [2.75, 3.05) is 24.3 Å². The lowest BCUT2D eigenvalue weighted by molar-refractivity contribution is 0.0950. The maximum absolute atomic E-state index is 11.6. The molecule has 1 aromatic heterocycles. The number of nitrogens with one attached hydrogen (secondary N) is 1. The van der Waals surface area contributed by atoms with Crippen LogP contribution in [0.4, 0.5) is 5.69 Å². The molecule has 0 spiro atoms. The van der Waals surface area contributed by atoms with Crippen molar-refractivity contribution in [2.45, 2.75) is 6.42 Å². The van der Waals surface area contributed by atoms with E-state index in [-0.39, 0.29) is 11.6 Å². The maximum Gasteiger partial charge on any atom is 0.272 e. The van der Waals surface area contributed by atoms with Crippen molar-refractivity contribution >= 4 is 22.4 Å². The Morgan fingerprint density at radius 3 is 3.00 bits per heavy atom. The van der Waals surface area contributed by atoms with E-state index in [2.05, 4.69) is 10.3 Å². The second-order valence-corrected chi connectivity index (χ2v) is 4.88. The van der Waals surface area contributed by atoms with Gasteiger partial charge in [-0.2, -0.15) is 0 Å². The number of nitrogens with zero attached hydrogens (tertiary/aromatic N) is 1. The molecule has 0 aliphatic carbocycles. The highest BCUT2D eigenvalue weighted by molar-refractivity contribution is 7.84. The standard InChI is InChI=1S/C10H15N3O2S/c1-16(15)7-3-6-13-10(14)9-8(11)4-2-5-12-9/h2,4-5H,3,6-7,11H2,1H3,(H,13,14). The zero-order valence-electron chi connectivity index (χ0n) is 9.10. The number of rotatable bonds is 5. The predicted molar refractivity (Wildman–Crippen MR) is 64.5 cm³/mol. The molecule has 0 saturated heterocycles. The number of hydrogen-bond acceptors (Lipinski definition) is 4. The Bertz CT molecular complexity index is 395. The van der Waals surface area contributed by atoms with Gasteiger partial charge in [-0.1, -0.05) is 0 Å². The highest BCUT2D eigenvalue weighted by Crippen LogP contribution is 2.05. The Morgan fingerprint density at radius 1 is 1.62 bits per heavy atom. The minimum absolute atomic E-state index is 0.236. The molecule has 1 unspecified atom stereocenters. The van der Waals surface area contributed by atoms with Crippen molar-refractivity contribution in [1.29, 1.82) is 0 Å². The Labute approximate surface area is 96.9 Å². The Balaban J connectivity index is 2.41. The minimum atomic E-state index is -0.821. The molecular formula is C10H15N3O2S. The summed E-state index contributed by atoms with van der Waals surface area (Å²) in [4.78, 5) is 15.5. The van der Waals surface area contributed by atoms with Crippen molar-refractivity contribution < 1.29 is 9.00 Å². The average molecular weight is 241 g/mol. The zero-order chi connectivity index (χ0) is 12.0. The fourth-order valence-corrected chi connectivity index (χ4v) is 1.72. The van der Waals surface area contributed by atoms with Gasteiger partial charge in [0.25, 0.3) is 5.91 Å². The number of hydrogen-bond donors (Lipinski definition) is 2. The van der Waals surface area contributed by atoms with Gasteiger partial charge >= 0.3 is 0 Å². The average Bonchev–Trinajstić information content (AvgIpc) is 2.24. The summed E-state index contributed by atoms with van der Waals surface area (Å²) >= 11 is 0. The molecule has 88 valence electrons. The molecule has 5 nitrogen and oxygen atoms in total. The number of amides is 1. The predicted octanol–water partition coefficient (Wildman–Crippen LogP) is 0.162. The summed E-state index contributed by atoms with van der Waals surface area (Å²) in [6.07, 6.45) is 3.84. The summed E-state index contributed by atoms with van der Waals surface area (Å²) in [5.74, 6) is 0.290. The van der Waals surface area contributed by atoms with Crippen molar-refractivity contribution in [3.63, 3.8) is 0 Å². The molecule has 0 saturated carbocycles. The molecule has 0 aliphatic heterocycles. The minimum Gasteiger partial charge on any atom is -0.397 e. The van der Waals surface area contributed by atoms with Crippen LogP contribution >= 0.6 is 0 Å². The second-order valence-electron chi connectivity index (χ2n) is 3.33. The van der Waals surface area contributed by atoms with Gasteiger partial charge < -0.3 is 11.1 Å². The molecule has 16 heavy (non-hydrogen) atoms. The van der Waals surface area contributed by atoms with E-state index in [9.17, 15) is 9.00 Å². The maximum atomic E-state index is 11.6. The molecule has 0 fully saturated rings. The van der Waals surface area contributed by atoms with E-state index in [1.54, 1.807) is 18.4 Å². The summed E-state index contributed by atoms with van der Waals surface area (Å²) < 4.78 is 10.8. The monoisotopic (exact) mass is 241 g/mol. The third kappa shape index (κ3) is 3.98. The number of aromatic nitrogens is 1. The number of nitrogen functional groups attached to an aromatic ring is 1. The SMILES string of the molecule is CS(=O)CCCNC(=O)c1ncccc1N. The first-order valence-electron chi connectivity index (χ1n) is 4.90. The van der Waals surface area contributed by atoms with E-state index < -0.39 is 10.8 Å². The molecule has 1 rings (SSSR count). The fraction of sp³-hybridized carbons (Fsp3) is 0.400. The van der Waals surface area contributed by atoms with Crippen LogP contribution in [0.25, 0.3) is 0 Å². The molecule has 1 amide bonds. The van der Waals surface area contributed by atoms with E-state index in [4.69, 9.17) is 5.73 Å². The fourth-order valence-electron chi connectivity index (χ4n) is 1.17. The van der Waals surface area contributed by atoms with Crippen LogP contribution in [0.3, 0.4) is 0 Å². The van der Waals surface area contributed by atoms with Gasteiger partial charge in [0, 0.05) is 35.5 Å². The van der Waals surface area contributed by atoms with Gasteiger partial charge in [-0.25, -0.2) is 4.98 Å². The summed E-state index contributed by atoms with van der Waals surface area (Å²) in [7, 11) is -0.821. The topological polar surface area (TPSA) is 85.1 Å². The van der Waals surface area contributed by atoms with Crippen LogP contribution in [0.5, 0.6) is 0 Å². The first-order valence-corrected chi connectivity index (χ1v) is 6.62. The van der Waals surface area contributed by atoms with E-state index in [0.29, 0.717) is 24.4 Å². The van der Waals surface area contributed by atoms with Crippen LogP contribution in [-0.2, 0) is 10.8 Å². The summed E-state index contributed by atoms with van der Waals surface area (Å²) in [5, 5.41) is 2.68. The number of carbonyl (C=O) groups is 1. The van der Waals surface area contributed by atoms with Crippen LogP contribution in [0.1, 0.15) is 16.9 Å². The normalized spacial score (nSPS) is 12.1. The number of pyridine rings is 1. The third-order valence-corrected chi connectivity index (χ3v) is 2.81. The van der Waals surface area contributed by atoms with Crippen molar-refractivity contribution in [3.05, 3.63) is 24.0 Å². The Hall–Kier alpha value is -1.43. The highest BCUT2D eigenvalue weighted by Gasteiger charge is 2.09. The van der Waals surface area contributed by atoms with Gasteiger partial charge in [0.2, 0.25) is 0 Å². The van der Waals surface area contributed by atoms with Crippen LogP contribution in [0.2, 0.25) is 0 Å². The number of nitrogens with two attached hydrogens (primary N) is 1. The zero-order valence-corrected chi connectivity index (χ0v) is 9.92. The molecular weight excluding hydrogens is 226 g/mol. The Morgan fingerprint density at radius 2 is 2.38 bits per heavy atom. The van der Waals surface area contributed by atoms with E-state index in [1.807, 2.05) is 0 Å². The van der Waals surface area contributed by atoms with Gasteiger partial charge in [-0.15, -0.1) is 0 Å². The number of anilines is 1. The van der Waals surface area contributed by atoms with Crippen LogP contribution in [0, 0.1) is 0 Å². The van der Waals surface area contributed by atoms with Crippen molar-refractivity contribution in [1.82, 2.24) is 10.3 Å². The van der Waals surface area contributed by atoms with Crippen LogP contribution in [-0.4, -0.2) is 33.7 Å². The largest absolute Gasteiger partial charge is 0.397 e. The van der Waals surface area contributed by atoms with E-state index >= 15 is 0 Å². The van der Waals surface area contributed by atoms with Crippen LogP contribution in [0.15, 0.2) is 18.3 Å². The van der Waals surface area contributed by atoms with Gasteiger partial charge in [-0.3, -0.25) is 9.00 Å². The number of carbonyl (C=O) groups excluding carboxylic acids is 1. The lowest BCUT2D eigenvalue weighted by Gasteiger charge is -2.05. The van der Waals surface area contributed by atoms with Crippen molar-refractivity contribution in [3.8, 4) is 0 Å². The lowest BCUT2D eigenvalue weighted by Crippen LogP contribution is -2.27. The highest BCUT2D eigenvalue weighted by atomic mass is 32.2.